The number of rotatable bonds is 8. The smallest absolute Gasteiger partial charge is 0.416 e. The zero-order valence-electron chi connectivity index (χ0n) is 20.2. The van der Waals surface area contributed by atoms with Crippen molar-refractivity contribution in [2.75, 3.05) is 0 Å². The lowest BCUT2D eigenvalue weighted by atomic mass is 10.0. The number of aryl methyl sites for hydroxylation is 3. The van der Waals surface area contributed by atoms with Gasteiger partial charge in [-0.15, -0.1) is 10.2 Å². The molecule has 0 saturated heterocycles. The van der Waals surface area contributed by atoms with Gasteiger partial charge in [0.15, 0.2) is 0 Å². The van der Waals surface area contributed by atoms with E-state index in [2.05, 4.69) is 38.2 Å². The molecule has 3 aromatic carbocycles. The number of ether oxygens (including phenoxy) is 1. The van der Waals surface area contributed by atoms with Crippen LogP contribution in [0.2, 0.25) is 0 Å². The number of alkyl halides is 3. The van der Waals surface area contributed by atoms with E-state index < -0.39 is 11.7 Å². The molecule has 0 aliphatic heterocycles. The van der Waals surface area contributed by atoms with Crippen molar-refractivity contribution in [3.63, 3.8) is 0 Å². The number of nitrogens with one attached hydrogen (secondary N) is 1. The van der Waals surface area contributed by atoms with E-state index in [9.17, 15) is 13.2 Å². The van der Waals surface area contributed by atoms with Gasteiger partial charge in [-0.25, -0.2) is 0 Å². The summed E-state index contributed by atoms with van der Waals surface area (Å²) in [7, 11) is 0. The molecule has 0 bridgehead atoms. The van der Waals surface area contributed by atoms with Crippen LogP contribution >= 0.6 is 0 Å². The molecule has 0 amide bonds. The minimum atomic E-state index is -4.33. The summed E-state index contributed by atoms with van der Waals surface area (Å²) >= 11 is 0. The lowest BCUT2D eigenvalue weighted by molar-refractivity contribution is -0.137. The molecule has 5 aromatic rings. The minimum absolute atomic E-state index is 0.393. The third-order valence-electron chi connectivity index (χ3n) is 6.10. The summed E-state index contributed by atoms with van der Waals surface area (Å²) in [5.41, 5.74) is 4.13. The zero-order chi connectivity index (χ0) is 25.8. The summed E-state index contributed by atoms with van der Waals surface area (Å²) < 4.78 is 46.4. The number of benzene rings is 3. The molecule has 0 fully saturated rings. The van der Waals surface area contributed by atoms with Crippen molar-refractivity contribution < 1.29 is 17.9 Å². The first-order chi connectivity index (χ1) is 17.8. The second kappa shape index (κ2) is 10.3. The Morgan fingerprint density at radius 3 is 2.03 bits per heavy atom. The molecule has 0 unspecified atom stereocenters. The molecular weight excluding hydrogens is 477 g/mol. The van der Waals surface area contributed by atoms with Gasteiger partial charge in [-0.2, -0.15) is 13.2 Å². The Hall–Kier alpha value is -4.33. The molecule has 0 saturated carbocycles. The van der Waals surface area contributed by atoms with Gasteiger partial charge in [-0.1, -0.05) is 48.5 Å². The summed E-state index contributed by atoms with van der Waals surface area (Å²) in [4.78, 5) is 3.15. The van der Waals surface area contributed by atoms with Gasteiger partial charge in [0, 0.05) is 25.4 Å². The van der Waals surface area contributed by atoms with Crippen LogP contribution in [0, 0.1) is 6.92 Å². The third-order valence-corrected chi connectivity index (χ3v) is 6.10. The Kier molecular flexibility index (Phi) is 6.81. The maximum Gasteiger partial charge on any atom is 0.416 e. The van der Waals surface area contributed by atoms with E-state index >= 15 is 0 Å². The SMILES string of the molecule is Cc1nnc(CCn2ccc(-c3ccc(OCc4ccc(-c5ccc(C(F)(F)F)cc5)cc4)cc3)c2)[nH]1. The second-order valence-corrected chi connectivity index (χ2v) is 8.83. The lowest BCUT2D eigenvalue weighted by Crippen LogP contribution is -2.03. The highest BCUT2D eigenvalue weighted by molar-refractivity contribution is 5.64. The fraction of sp³-hybridized carbons (Fsp3) is 0.172. The van der Waals surface area contributed by atoms with E-state index in [0.29, 0.717) is 6.61 Å². The Labute approximate surface area is 212 Å². The fourth-order valence-electron chi connectivity index (χ4n) is 4.05. The first-order valence-electron chi connectivity index (χ1n) is 11.9. The summed E-state index contributed by atoms with van der Waals surface area (Å²) in [5, 5.41) is 8.10. The van der Waals surface area contributed by atoms with Crippen LogP contribution in [0.1, 0.15) is 22.8 Å². The highest BCUT2D eigenvalue weighted by atomic mass is 19.4. The Morgan fingerprint density at radius 2 is 1.41 bits per heavy atom. The number of hydrogen-bond donors (Lipinski definition) is 1. The van der Waals surface area contributed by atoms with Crippen molar-refractivity contribution in [1.29, 1.82) is 0 Å². The van der Waals surface area contributed by atoms with Crippen LogP contribution < -0.4 is 4.74 Å². The third kappa shape index (κ3) is 6.09. The van der Waals surface area contributed by atoms with Crippen molar-refractivity contribution in [1.82, 2.24) is 19.7 Å². The van der Waals surface area contributed by atoms with Gasteiger partial charge in [0.05, 0.1) is 5.56 Å². The maximum atomic E-state index is 12.8. The van der Waals surface area contributed by atoms with Crippen LogP contribution in [0.25, 0.3) is 22.3 Å². The number of halogens is 3. The largest absolute Gasteiger partial charge is 0.489 e. The molecule has 0 aliphatic rings. The monoisotopic (exact) mass is 502 g/mol. The predicted octanol–water partition coefficient (Wildman–Crippen LogP) is 7.09. The molecule has 2 heterocycles. The molecule has 1 N–H and O–H groups in total. The first-order valence-corrected chi connectivity index (χ1v) is 11.9. The number of aromatic amines is 1. The van der Waals surface area contributed by atoms with Crippen LogP contribution in [-0.4, -0.2) is 19.7 Å². The van der Waals surface area contributed by atoms with Crippen molar-refractivity contribution in [2.45, 2.75) is 32.7 Å². The quantitative estimate of drug-likeness (QED) is 0.246. The summed E-state index contributed by atoms with van der Waals surface area (Å²) in [6.45, 7) is 3.10. The van der Waals surface area contributed by atoms with Crippen LogP contribution in [-0.2, 0) is 25.7 Å². The van der Waals surface area contributed by atoms with Crippen molar-refractivity contribution >= 4 is 0 Å². The minimum Gasteiger partial charge on any atom is -0.489 e. The molecule has 188 valence electrons. The van der Waals surface area contributed by atoms with Crippen molar-refractivity contribution in [2.24, 2.45) is 0 Å². The molecule has 37 heavy (non-hydrogen) atoms. The van der Waals surface area contributed by atoms with Gasteiger partial charge in [0.25, 0.3) is 0 Å². The maximum absolute atomic E-state index is 12.8. The number of nitrogens with zero attached hydrogens (tertiary/aromatic N) is 3. The van der Waals surface area contributed by atoms with Gasteiger partial charge < -0.3 is 14.3 Å². The fourth-order valence-corrected chi connectivity index (χ4v) is 4.05. The number of H-pyrrole nitrogens is 1. The van der Waals surface area contributed by atoms with E-state index in [1.807, 2.05) is 55.5 Å². The topological polar surface area (TPSA) is 55.7 Å². The lowest BCUT2D eigenvalue weighted by Gasteiger charge is -2.09. The molecule has 2 aromatic heterocycles. The molecule has 5 nitrogen and oxygen atoms in total. The molecule has 0 aliphatic carbocycles. The van der Waals surface area contributed by atoms with Crippen LogP contribution in [0.15, 0.2) is 91.3 Å². The van der Waals surface area contributed by atoms with Crippen LogP contribution in [0.4, 0.5) is 13.2 Å². The van der Waals surface area contributed by atoms with Crippen molar-refractivity contribution in [3.05, 3.63) is 114 Å². The van der Waals surface area contributed by atoms with E-state index in [0.717, 1.165) is 70.3 Å². The van der Waals surface area contributed by atoms with Gasteiger partial charge in [0.1, 0.15) is 24.0 Å². The molecular formula is C29H25F3N4O. The molecule has 8 heteroatoms. The van der Waals surface area contributed by atoms with Crippen molar-refractivity contribution in [3.8, 4) is 28.0 Å². The standard InChI is InChI=1S/C29H25F3N4O/c1-20-33-28(35-34-20)15-17-36-16-14-25(18-36)24-8-12-27(13-9-24)37-19-21-2-4-22(5-3-21)23-6-10-26(11-7-23)29(30,31)32/h2-14,16,18H,15,17,19H2,1H3,(H,33,34,35). The van der Waals surface area contributed by atoms with Gasteiger partial charge >= 0.3 is 6.18 Å². The normalized spacial score (nSPS) is 11.6. The Balaban J connectivity index is 1.15. The average molecular weight is 503 g/mol. The highest BCUT2D eigenvalue weighted by Gasteiger charge is 2.29. The van der Waals surface area contributed by atoms with Gasteiger partial charge in [-0.3, -0.25) is 0 Å². The zero-order valence-corrected chi connectivity index (χ0v) is 20.2. The van der Waals surface area contributed by atoms with Crippen LogP contribution in [0.5, 0.6) is 5.75 Å². The molecule has 5 rings (SSSR count). The molecule has 0 atom stereocenters. The number of aromatic nitrogens is 4. The van der Waals surface area contributed by atoms with E-state index in [1.54, 1.807) is 0 Å². The van der Waals surface area contributed by atoms with E-state index in [4.69, 9.17) is 4.74 Å². The van der Waals surface area contributed by atoms with Crippen LogP contribution in [0.3, 0.4) is 0 Å². The predicted molar refractivity (Wildman–Crippen MR) is 136 cm³/mol. The van der Waals surface area contributed by atoms with E-state index in [-0.39, 0.29) is 0 Å². The summed E-state index contributed by atoms with van der Waals surface area (Å²) in [6.07, 6.45) is 0.614. The van der Waals surface area contributed by atoms with Gasteiger partial charge in [0.2, 0.25) is 0 Å². The summed E-state index contributed by atoms with van der Waals surface area (Å²) in [5.74, 6) is 2.46. The summed E-state index contributed by atoms with van der Waals surface area (Å²) in [6, 6.07) is 22.8. The number of hydrogen-bond acceptors (Lipinski definition) is 3. The first kappa shape index (κ1) is 24.4. The van der Waals surface area contributed by atoms with E-state index in [1.165, 1.54) is 12.1 Å². The second-order valence-electron chi connectivity index (χ2n) is 8.83. The Bertz CT molecular complexity index is 1450. The highest BCUT2D eigenvalue weighted by Crippen LogP contribution is 2.31. The average Bonchev–Trinajstić information content (AvgIpc) is 3.55. The molecule has 0 radical (unpaired) electrons. The van der Waals surface area contributed by atoms with Gasteiger partial charge in [-0.05, 0) is 65.1 Å². The Morgan fingerprint density at radius 1 is 0.784 bits per heavy atom. The molecule has 0 spiro atoms.